The third-order valence-corrected chi connectivity index (χ3v) is 2.49. The number of nitrogens with zero attached hydrogens (tertiary/aromatic N) is 2. The predicted octanol–water partition coefficient (Wildman–Crippen LogP) is 2.62. The maximum atomic E-state index is 9.83. The quantitative estimate of drug-likeness (QED) is 0.737. The van der Waals surface area contributed by atoms with Crippen LogP contribution in [0.4, 0.5) is 5.69 Å². The van der Waals surface area contributed by atoms with Crippen LogP contribution in [-0.2, 0) is 0 Å². The summed E-state index contributed by atoms with van der Waals surface area (Å²) in [5, 5.41) is 14.0. The van der Waals surface area contributed by atoms with E-state index in [0.29, 0.717) is 11.7 Å². The van der Waals surface area contributed by atoms with Crippen LogP contribution in [0, 0.1) is 0 Å². The van der Waals surface area contributed by atoms with Crippen molar-refractivity contribution in [3.05, 3.63) is 23.8 Å². The highest BCUT2D eigenvalue weighted by Crippen LogP contribution is 2.29. The van der Waals surface area contributed by atoms with Crippen molar-refractivity contribution in [2.45, 2.75) is 26.2 Å². The second kappa shape index (κ2) is 3.85. The van der Waals surface area contributed by atoms with Crippen molar-refractivity contribution in [1.29, 1.82) is 0 Å². The zero-order valence-corrected chi connectivity index (χ0v) is 9.01. The summed E-state index contributed by atoms with van der Waals surface area (Å²) < 4.78 is 1.78. The van der Waals surface area contributed by atoms with Crippen molar-refractivity contribution in [3.8, 4) is 5.75 Å². The smallest absolute Gasteiger partial charge is 0.241 e. The monoisotopic (exact) mass is 203 g/mol. The average molecular weight is 203 g/mol. The second-order valence-corrected chi connectivity index (χ2v) is 3.96. The maximum Gasteiger partial charge on any atom is 0.241 e. The highest BCUT2D eigenvalue weighted by molar-refractivity contribution is 5.79. The number of benzene rings is 1. The van der Waals surface area contributed by atoms with E-state index in [-0.39, 0.29) is 0 Å². The molecule has 0 saturated carbocycles. The molecule has 3 heteroatoms. The van der Waals surface area contributed by atoms with Gasteiger partial charge < -0.3 is 5.11 Å². The molecule has 0 fully saturated rings. The molecule has 1 heterocycles. The molecule has 3 nitrogen and oxygen atoms in total. The molecule has 0 atom stereocenters. The van der Waals surface area contributed by atoms with E-state index < -0.39 is 0 Å². The van der Waals surface area contributed by atoms with Crippen molar-refractivity contribution < 1.29 is 9.79 Å². The van der Waals surface area contributed by atoms with Gasteiger partial charge in [-0.15, -0.1) is 0 Å². The largest absolute Gasteiger partial charge is 0.507 e. The van der Waals surface area contributed by atoms with Gasteiger partial charge in [0.25, 0.3) is 0 Å². The fourth-order valence-electron chi connectivity index (χ4n) is 1.66. The molecule has 1 aromatic rings. The molecule has 1 aliphatic heterocycles. The molecule has 0 spiro atoms. The summed E-state index contributed by atoms with van der Waals surface area (Å²) in [6.07, 6.45) is 4.67. The number of phenols is 1. The molecule has 2 rings (SSSR count). The van der Waals surface area contributed by atoms with Gasteiger partial charge in [0, 0.05) is 6.07 Å². The van der Waals surface area contributed by atoms with E-state index in [4.69, 9.17) is 0 Å². The van der Waals surface area contributed by atoms with Crippen molar-refractivity contribution in [1.82, 2.24) is 0 Å². The van der Waals surface area contributed by atoms with Crippen molar-refractivity contribution in [3.63, 3.8) is 0 Å². The molecule has 0 unspecified atom stereocenters. The highest BCUT2D eigenvalue weighted by atomic mass is 16.3. The topological polar surface area (TPSA) is 35.6 Å². The molecule has 0 amide bonds. The molecular weight excluding hydrogens is 188 g/mol. The maximum absolute atomic E-state index is 9.83. The van der Waals surface area contributed by atoms with Gasteiger partial charge in [0.2, 0.25) is 5.69 Å². The minimum Gasteiger partial charge on any atom is -0.507 e. The standard InChI is InChI=1S/C12H14N2O/c1-9(2)11-5-4-10(8-12(11)15)14-7-3-6-13-14/h4-9H,3H2,1-2H3/p+1. The van der Waals surface area contributed by atoms with Crippen molar-refractivity contribution >= 4 is 18.1 Å². The Morgan fingerprint density at radius 1 is 1.40 bits per heavy atom. The Morgan fingerprint density at radius 2 is 2.20 bits per heavy atom. The first-order valence-electron chi connectivity index (χ1n) is 5.16. The molecule has 0 aliphatic carbocycles. The Balaban J connectivity index is 2.37. The van der Waals surface area contributed by atoms with Gasteiger partial charge in [-0.1, -0.05) is 18.5 Å². The van der Waals surface area contributed by atoms with E-state index in [1.807, 2.05) is 24.6 Å². The van der Waals surface area contributed by atoms with Crippen LogP contribution < -0.4 is 0 Å². The summed E-state index contributed by atoms with van der Waals surface area (Å²) in [6, 6.07) is 5.69. The van der Waals surface area contributed by atoms with Gasteiger partial charge >= 0.3 is 0 Å². The third kappa shape index (κ3) is 1.91. The molecule has 1 aromatic carbocycles. The predicted molar refractivity (Wildman–Crippen MR) is 61.3 cm³/mol. The summed E-state index contributed by atoms with van der Waals surface area (Å²) in [5.74, 6) is 0.683. The third-order valence-electron chi connectivity index (χ3n) is 2.49. The minimum atomic E-state index is 0.338. The van der Waals surface area contributed by atoms with Crippen LogP contribution in [0.5, 0.6) is 5.75 Å². The van der Waals surface area contributed by atoms with Crippen LogP contribution in [-0.4, -0.2) is 22.2 Å². The summed E-state index contributed by atoms with van der Waals surface area (Å²) in [7, 11) is 0. The van der Waals surface area contributed by atoms with Gasteiger partial charge in [0.05, 0.1) is 18.7 Å². The van der Waals surface area contributed by atoms with E-state index in [0.717, 1.165) is 17.7 Å². The fraction of sp³-hybridized carbons (Fsp3) is 0.333. The number of phenolic OH excluding ortho intramolecular Hbond substituents is 1. The number of hydrazone groups is 1. The Kier molecular flexibility index (Phi) is 2.54. The summed E-state index contributed by atoms with van der Waals surface area (Å²) in [5.41, 5.74) is 1.88. The number of rotatable bonds is 2. The molecule has 0 saturated heterocycles. The number of hydrogen-bond acceptors (Lipinski definition) is 2. The molecular formula is C12H15N2O+. The highest BCUT2D eigenvalue weighted by Gasteiger charge is 2.15. The summed E-state index contributed by atoms with van der Waals surface area (Å²) in [6.45, 7) is 4.13. The van der Waals surface area contributed by atoms with Crippen LogP contribution in [0.15, 0.2) is 23.3 Å². The van der Waals surface area contributed by atoms with E-state index in [2.05, 4.69) is 18.9 Å². The Hall–Kier alpha value is -1.64. The molecule has 0 bridgehead atoms. The number of hydrogen-bond donors (Lipinski definition) is 1. The summed E-state index contributed by atoms with van der Waals surface area (Å²) in [4.78, 5) is 0. The number of aromatic hydroxyl groups is 1. The van der Waals surface area contributed by atoms with E-state index in [1.165, 1.54) is 0 Å². The van der Waals surface area contributed by atoms with Crippen LogP contribution in [0.1, 0.15) is 31.7 Å². The summed E-state index contributed by atoms with van der Waals surface area (Å²) >= 11 is 0. The van der Waals surface area contributed by atoms with Gasteiger partial charge in [-0.05, 0) is 22.6 Å². The first-order chi connectivity index (χ1) is 7.18. The van der Waals surface area contributed by atoms with Crippen LogP contribution in [0.2, 0.25) is 0 Å². The van der Waals surface area contributed by atoms with E-state index in [9.17, 15) is 5.11 Å². The second-order valence-electron chi connectivity index (χ2n) is 3.96. The lowest BCUT2D eigenvalue weighted by molar-refractivity contribution is -0.436. The van der Waals surface area contributed by atoms with Gasteiger partial charge in [-0.3, -0.25) is 0 Å². The van der Waals surface area contributed by atoms with Gasteiger partial charge in [-0.2, -0.15) is 0 Å². The first kappa shape index (κ1) is 9.90. The first-order valence-corrected chi connectivity index (χ1v) is 5.16. The molecule has 1 N–H and O–H groups in total. The Labute approximate surface area is 89.4 Å². The van der Waals surface area contributed by atoms with Gasteiger partial charge in [0.1, 0.15) is 5.75 Å². The minimum absolute atomic E-state index is 0.338. The molecule has 1 aliphatic rings. The molecule has 78 valence electrons. The van der Waals surface area contributed by atoms with Crippen molar-refractivity contribution in [2.75, 3.05) is 0 Å². The zero-order chi connectivity index (χ0) is 10.8. The molecule has 15 heavy (non-hydrogen) atoms. The zero-order valence-electron chi connectivity index (χ0n) is 9.01. The lowest BCUT2D eigenvalue weighted by atomic mass is 10.0. The fourth-order valence-corrected chi connectivity index (χ4v) is 1.66. The lowest BCUT2D eigenvalue weighted by Crippen LogP contribution is -1.94. The van der Waals surface area contributed by atoms with Crippen molar-refractivity contribution in [2.24, 2.45) is 5.10 Å². The average Bonchev–Trinajstić information content (AvgIpc) is 2.69. The van der Waals surface area contributed by atoms with E-state index in [1.54, 1.807) is 10.8 Å². The van der Waals surface area contributed by atoms with Crippen LogP contribution in [0.3, 0.4) is 0 Å². The van der Waals surface area contributed by atoms with Crippen LogP contribution >= 0.6 is 0 Å². The Morgan fingerprint density at radius 3 is 2.73 bits per heavy atom. The lowest BCUT2D eigenvalue weighted by Gasteiger charge is -2.07. The normalized spacial score (nSPS) is 14.7. The molecule has 0 radical (unpaired) electrons. The van der Waals surface area contributed by atoms with Gasteiger partial charge in [0.15, 0.2) is 6.21 Å². The van der Waals surface area contributed by atoms with Gasteiger partial charge in [-0.25, -0.2) is 0 Å². The van der Waals surface area contributed by atoms with E-state index >= 15 is 0 Å². The SMILES string of the molecule is CC(C)c1ccc([N+]2=CCC=N2)cc1O. The Bertz CT molecular complexity index is 433. The van der Waals surface area contributed by atoms with Crippen LogP contribution in [0.25, 0.3) is 0 Å². The molecule has 0 aromatic heterocycles.